The van der Waals surface area contributed by atoms with Crippen LogP contribution in [0.5, 0.6) is 0 Å². The molecule has 4 heterocycles. The van der Waals surface area contributed by atoms with Crippen molar-refractivity contribution in [3.05, 3.63) is 72.2 Å². The molecule has 0 radical (unpaired) electrons. The number of hydrogen-bond acceptors (Lipinski definition) is 10. The van der Waals surface area contributed by atoms with Gasteiger partial charge in [0.25, 0.3) is 5.91 Å². The van der Waals surface area contributed by atoms with Crippen LogP contribution in [0.1, 0.15) is 55.7 Å². The van der Waals surface area contributed by atoms with Gasteiger partial charge in [0.05, 0.1) is 32.2 Å². The van der Waals surface area contributed by atoms with Crippen LogP contribution in [0.4, 0.5) is 4.79 Å². The number of aromatic nitrogens is 7. The molecule has 1 aliphatic heterocycles. The van der Waals surface area contributed by atoms with Crippen LogP contribution in [-0.4, -0.2) is 113 Å². The van der Waals surface area contributed by atoms with E-state index in [4.69, 9.17) is 9.47 Å². The third-order valence-corrected chi connectivity index (χ3v) is 8.61. The number of aliphatic hydroxyl groups is 1. The number of piperazine rings is 1. The summed E-state index contributed by atoms with van der Waals surface area (Å²) in [7, 11) is 1.34. The Morgan fingerprint density at radius 3 is 2.18 bits per heavy atom. The number of fused-ring (bicyclic) bond motifs is 1. The molecule has 0 saturated carbocycles. The minimum Gasteiger partial charge on any atom is -0.467 e. The number of H-pyrrole nitrogens is 1. The van der Waals surface area contributed by atoms with E-state index in [1.165, 1.54) is 11.8 Å². The van der Waals surface area contributed by atoms with Crippen molar-refractivity contribution in [3.8, 4) is 22.5 Å². The third kappa shape index (κ3) is 7.37. The maximum Gasteiger partial charge on any atom is 0.410 e. The van der Waals surface area contributed by atoms with E-state index in [1.54, 1.807) is 39.0 Å². The summed E-state index contributed by atoms with van der Waals surface area (Å²) in [6.07, 6.45) is 5.14. The van der Waals surface area contributed by atoms with Crippen molar-refractivity contribution in [1.82, 2.24) is 44.8 Å². The summed E-state index contributed by atoms with van der Waals surface area (Å²) >= 11 is 0. The molecule has 1 aliphatic rings. The minimum atomic E-state index is -0.800. The van der Waals surface area contributed by atoms with Gasteiger partial charge in [-0.3, -0.25) is 4.79 Å². The predicted molar refractivity (Wildman–Crippen MR) is 183 cm³/mol. The van der Waals surface area contributed by atoms with E-state index in [9.17, 15) is 19.5 Å². The first-order valence-electron chi connectivity index (χ1n) is 16.4. The van der Waals surface area contributed by atoms with Crippen LogP contribution in [0.3, 0.4) is 0 Å². The molecule has 50 heavy (non-hydrogen) atoms. The number of aliphatic hydroxyl groups excluding tert-OH is 1. The van der Waals surface area contributed by atoms with Crippen LogP contribution >= 0.6 is 0 Å². The number of carbonyl (C=O) groups excluding carboxylic acids is 3. The molecule has 0 aliphatic carbocycles. The molecule has 0 spiro atoms. The lowest BCUT2D eigenvalue weighted by Gasteiger charge is -2.35. The Balaban J connectivity index is 1.31. The normalized spacial score (nSPS) is 14.8. The molecular weight excluding hydrogens is 642 g/mol. The zero-order chi connectivity index (χ0) is 35.6. The molecule has 0 bridgehead atoms. The average Bonchev–Trinajstić information content (AvgIpc) is 3.89. The summed E-state index contributed by atoms with van der Waals surface area (Å²) in [6.45, 7) is 8.46. The van der Waals surface area contributed by atoms with Crippen molar-refractivity contribution in [3.63, 3.8) is 0 Å². The first-order valence-corrected chi connectivity index (χ1v) is 16.4. The number of benzene rings is 2. The number of aromatic amines is 1. The second-order valence-corrected chi connectivity index (χ2v) is 13.4. The number of nitrogens with zero attached hydrogens (tertiary/aromatic N) is 8. The Morgan fingerprint density at radius 2 is 1.54 bits per heavy atom. The summed E-state index contributed by atoms with van der Waals surface area (Å²) in [5.41, 5.74) is 3.75. The fourth-order valence-corrected chi connectivity index (χ4v) is 5.85. The standard InChI is InChI=1S/C35H41N9O6/c1-22(21-45)43-19-29(37-39-43)23-14-24(16-25(15-23)32(46)41-10-12-42(13-11-41)34(48)50-35(2,3)4)30-20-44(40-38-30)31(33(47)49-5)17-26-18-36-28-9-7-6-8-27(26)28/h6-9,14-16,18-20,22,31,36,45H,10-13,17,21H2,1-5H3/t22-,31-/m0/s1. The zero-order valence-electron chi connectivity index (χ0n) is 28.7. The van der Waals surface area contributed by atoms with Crippen molar-refractivity contribution in [2.45, 2.75) is 51.8 Å². The van der Waals surface area contributed by atoms with Crippen molar-refractivity contribution in [2.24, 2.45) is 0 Å². The Bertz CT molecular complexity index is 2000. The van der Waals surface area contributed by atoms with Crippen LogP contribution in [-0.2, 0) is 20.7 Å². The fraction of sp³-hybridized carbons (Fsp3) is 0.400. The number of para-hydroxylation sites is 1. The van der Waals surface area contributed by atoms with Crippen LogP contribution in [0.25, 0.3) is 33.4 Å². The number of hydrogen-bond donors (Lipinski definition) is 2. The van der Waals surface area contributed by atoms with E-state index in [0.29, 0.717) is 60.7 Å². The molecule has 2 N–H and O–H groups in total. The number of nitrogens with one attached hydrogen (secondary N) is 1. The topological polar surface area (TPSA) is 174 Å². The Hall–Kier alpha value is -5.57. The number of amides is 2. The second-order valence-electron chi connectivity index (χ2n) is 13.4. The van der Waals surface area contributed by atoms with Gasteiger partial charge in [0.2, 0.25) is 0 Å². The monoisotopic (exact) mass is 683 g/mol. The van der Waals surface area contributed by atoms with Gasteiger partial charge < -0.3 is 29.4 Å². The largest absolute Gasteiger partial charge is 0.467 e. The molecule has 2 amide bonds. The fourth-order valence-electron chi connectivity index (χ4n) is 5.85. The van der Waals surface area contributed by atoms with Crippen LogP contribution < -0.4 is 0 Å². The highest BCUT2D eigenvalue weighted by Crippen LogP contribution is 2.29. The predicted octanol–water partition coefficient (Wildman–Crippen LogP) is 3.89. The average molecular weight is 684 g/mol. The SMILES string of the molecule is COC(=O)[C@H](Cc1c[nH]c2ccccc12)n1cc(-c2cc(C(=O)N3CCN(C(=O)OC(C)(C)C)CC3)cc(-c3cn([C@@H](C)CO)nn3)c2)nn1. The third-order valence-electron chi connectivity index (χ3n) is 8.61. The van der Waals surface area contributed by atoms with Gasteiger partial charge in [0, 0.05) is 66.4 Å². The summed E-state index contributed by atoms with van der Waals surface area (Å²) in [5.74, 6) is -0.705. The molecular formula is C35H41N9O6. The smallest absolute Gasteiger partial charge is 0.410 e. The van der Waals surface area contributed by atoms with Gasteiger partial charge in [-0.05, 0) is 57.5 Å². The quantitative estimate of drug-likeness (QED) is 0.217. The maximum absolute atomic E-state index is 14.0. The van der Waals surface area contributed by atoms with E-state index >= 15 is 0 Å². The van der Waals surface area contributed by atoms with Gasteiger partial charge in [0.15, 0.2) is 6.04 Å². The Kier molecular flexibility index (Phi) is 9.68. The Labute approximate surface area is 288 Å². The molecule has 2 atom stereocenters. The highest BCUT2D eigenvalue weighted by molar-refractivity contribution is 5.97. The number of ether oxygens (including phenoxy) is 2. The lowest BCUT2D eigenvalue weighted by molar-refractivity contribution is -0.144. The highest BCUT2D eigenvalue weighted by atomic mass is 16.6. The van der Waals surface area contributed by atoms with Crippen molar-refractivity contribution < 1.29 is 29.0 Å². The van der Waals surface area contributed by atoms with E-state index in [0.717, 1.165) is 16.5 Å². The van der Waals surface area contributed by atoms with Crippen molar-refractivity contribution in [2.75, 3.05) is 39.9 Å². The molecule has 15 nitrogen and oxygen atoms in total. The van der Waals surface area contributed by atoms with Crippen LogP contribution in [0.15, 0.2) is 61.1 Å². The van der Waals surface area contributed by atoms with Crippen molar-refractivity contribution in [1.29, 1.82) is 0 Å². The highest BCUT2D eigenvalue weighted by Gasteiger charge is 2.29. The lowest BCUT2D eigenvalue weighted by Crippen LogP contribution is -2.51. The molecule has 1 saturated heterocycles. The number of carbonyl (C=O) groups is 3. The van der Waals surface area contributed by atoms with Crippen LogP contribution in [0, 0.1) is 0 Å². The molecule has 15 heteroatoms. The second kappa shape index (κ2) is 14.1. The van der Waals surface area contributed by atoms with E-state index < -0.39 is 23.7 Å². The molecule has 3 aromatic heterocycles. The Morgan fingerprint density at radius 1 is 0.920 bits per heavy atom. The number of rotatable bonds is 9. The summed E-state index contributed by atoms with van der Waals surface area (Å²) in [5, 5.41) is 27.9. The lowest BCUT2D eigenvalue weighted by atomic mass is 10.0. The first kappa shape index (κ1) is 34.3. The van der Waals surface area contributed by atoms with E-state index in [2.05, 4.69) is 25.6 Å². The van der Waals surface area contributed by atoms with E-state index in [-0.39, 0.29) is 18.6 Å². The summed E-state index contributed by atoms with van der Waals surface area (Å²) in [6, 6.07) is 12.0. The minimum absolute atomic E-state index is 0.120. The van der Waals surface area contributed by atoms with Gasteiger partial charge in [-0.15, -0.1) is 10.2 Å². The number of methoxy groups -OCH3 is 1. The zero-order valence-corrected chi connectivity index (χ0v) is 28.7. The summed E-state index contributed by atoms with van der Waals surface area (Å²) < 4.78 is 13.7. The first-order chi connectivity index (χ1) is 23.9. The molecule has 262 valence electrons. The van der Waals surface area contributed by atoms with Gasteiger partial charge >= 0.3 is 12.1 Å². The van der Waals surface area contributed by atoms with Gasteiger partial charge in [0.1, 0.15) is 17.0 Å². The molecule has 1 fully saturated rings. The van der Waals surface area contributed by atoms with Gasteiger partial charge in [-0.2, -0.15) is 0 Å². The van der Waals surface area contributed by atoms with Crippen molar-refractivity contribution >= 4 is 28.9 Å². The molecule has 6 rings (SSSR count). The number of esters is 1. The maximum atomic E-state index is 14.0. The van der Waals surface area contributed by atoms with Crippen LogP contribution in [0.2, 0.25) is 0 Å². The molecule has 0 unspecified atom stereocenters. The van der Waals surface area contributed by atoms with E-state index in [1.807, 2.05) is 64.2 Å². The molecule has 5 aromatic rings. The van der Waals surface area contributed by atoms with Gasteiger partial charge in [-0.1, -0.05) is 28.6 Å². The summed E-state index contributed by atoms with van der Waals surface area (Å²) in [4.78, 5) is 46.2. The molecule has 2 aromatic carbocycles. The van der Waals surface area contributed by atoms with Gasteiger partial charge in [-0.25, -0.2) is 19.0 Å².